The first-order chi connectivity index (χ1) is 14.7. The number of hydrogen-bond donors (Lipinski definition) is 0. The number of methoxy groups -OCH3 is 1. The second-order valence-electron chi connectivity index (χ2n) is 6.46. The van der Waals surface area contributed by atoms with Crippen molar-refractivity contribution in [1.82, 2.24) is 29.8 Å². The van der Waals surface area contributed by atoms with E-state index in [9.17, 15) is 4.39 Å². The molecule has 0 saturated carbocycles. The third-order valence-electron chi connectivity index (χ3n) is 4.62. The molecular formula is C21H15FN6O2. The van der Waals surface area contributed by atoms with Gasteiger partial charge in [0, 0.05) is 29.4 Å². The summed E-state index contributed by atoms with van der Waals surface area (Å²) in [5.41, 5.74) is 2.66. The van der Waals surface area contributed by atoms with Crippen molar-refractivity contribution in [2.75, 3.05) is 7.11 Å². The van der Waals surface area contributed by atoms with Crippen molar-refractivity contribution in [2.45, 2.75) is 6.61 Å². The highest BCUT2D eigenvalue weighted by atomic mass is 19.1. The number of nitrogens with zero attached hydrogens (tertiary/aromatic N) is 6. The minimum Gasteiger partial charge on any atom is -0.497 e. The van der Waals surface area contributed by atoms with Crippen molar-refractivity contribution < 1.29 is 13.9 Å². The van der Waals surface area contributed by atoms with E-state index < -0.39 is 5.95 Å². The maximum absolute atomic E-state index is 13.1. The lowest BCUT2D eigenvalue weighted by molar-refractivity contribution is 0.296. The minimum absolute atomic E-state index is 0.157. The minimum atomic E-state index is -0.541. The third kappa shape index (κ3) is 3.26. The van der Waals surface area contributed by atoms with Crippen LogP contribution in [0.5, 0.6) is 11.5 Å². The SMILES string of the molecule is COc1ccc2c(OCc3nnc4ccc(-c5ccc(F)nc5)nn34)ccnc2c1. The first-order valence-corrected chi connectivity index (χ1v) is 9.10. The van der Waals surface area contributed by atoms with E-state index in [-0.39, 0.29) is 6.61 Å². The third-order valence-corrected chi connectivity index (χ3v) is 4.62. The molecule has 0 spiro atoms. The molecule has 0 amide bonds. The van der Waals surface area contributed by atoms with Crippen molar-refractivity contribution in [3.63, 3.8) is 0 Å². The second kappa shape index (κ2) is 7.36. The van der Waals surface area contributed by atoms with Gasteiger partial charge < -0.3 is 9.47 Å². The van der Waals surface area contributed by atoms with Crippen LogP contribution in [0.3, 0.4) is 0 Å². The molecule has 0 radical (unpaired) electrons. The van der Waals surface area contributed by atoms with Crippen LogP contribution in [0.15, 0.2) is 60.9 Å². The van der Waals surface area contributed by atoms with Gasteiger partial charge in [-0.15, -0.1) is 10.2 Å². The van der Waals surface area contributed by atoms with Crippen molar-refractivity contribution in [1.29, 1.82) is 0 Å². The van der Waals surface area contributed by atoms with E-state index in [1.165, 1.54) is 12.3 Å². The molecule has 8 nitrogen and oxygen atoms in total. The van der Waals surface area contributed by atoms with Gasteiger partial charge in [-0.3, -0.25) is 4.98 Å². The molecule has 1 aromatic carbocycles. The fourth-order valence-corrected chi connectivity index (χ4v) is 3.10. The van der Waals surface area contributed by atoms with Crippen LogP contribution in [0, 0.1) is 5.95 Å². The quantitative estimate of drug-likeness (QED) is 0.416. The summed E-state index contributed by atoms with van der Waals surface area (Å²) in [6, 6.07) is 13.9. The zero-order chi connectivity index (χ0) is 20.5. The Morgan fingerprint density at radius 2 is 1.93 bits per heavy atom. The van der Waals surface area contributed by atoms with Gasteiger partial charge in [0.1, 0.15) is 18.1 Å². The van der Waals surface area contributed by atoms with Crippen LogP contribution in [-0.2, 0) is 6.61 Å². The van der Waals surface area contributed by atoms with Crippen LogP contribution in [0.4, 0.5) is 4.39 Å². The highest BCUT2D eigenvalue weighted by Crippen LogP contribution is 2.27. The van der Waals surface area contributed by atoms with Gasteiger partial charge in [0.25, 0.3) is 0 Å². The molecule has 0 bridgehead atoms. The van der Waals surface area contributed by atoms with Gasteiger partial charge in [0.05, 0.1) is 18.3 Å². The second-order valence-corrected chi connectivity index (χ2v) is 6.46. The Balaban J connectivity index is 1.45. The Morgan fingerprint density at radius 3 is 2.77 bits per heavy atom. The summed E-state index contributed by atoms with van der Waals surface area (Å²) in [5, 5.41) is 13.7. The lowest BCUT2D eigenvalue weighted by Crippen LogP contribution is -2.05. The predicted molar refractivity (Wildman–Crippen MR) is 107 cm³/mol. The van der Waals surface area contributed by atoms with E-state index in [2.05, 4.69) is 25.3 Å². The fraction of sp³-hybridized carbons (Fsp3) is 0.0952. The van der Waals surface area contributed by atoms with Gasteiger partial charge in [0.15, 0.2) is 11.5 Å². The smallest absolute Gasteiger partial charge is 0.212 e. The molecule has 30 heavy (non-hydrogen) atoms. The van der Waals surface area contributed by atoms with E-state index in [0.29, 0.717) is 28.5 Å². The largest absolute Gasteiger partial charge is 0.497 e. The van der Waals surface area contributed by atoms with E-state index in [1.807, 2.05) is 18.2 Å². The average molecular weight is 402 g/mol. The molecule has 0 aliphatic rings. The summed E-state index contributed by atoms with van der Waals surface area (Å²) in [4.78, 5) is 8.03. The van der Waals surface area contributed by atoms with Gasteiger partial charge in [-0.2, -0.15) is 14.0 Å². The molecule has 0 aliphatic carbocycles. The lowest BCUT2D eigenvalue weighted by Gasteiger charge is -2.09. The summed E-state index contributed by atoms with van der Waals surface area (Å²) in [6.45, 7) is 0.157. The zero-order valence-electron chi connectivity index (χ0n) is 15.9. The molecule has 148 valence electrons. The summed E-state index contributed by atoms with van der Waals surface area (Å²) in [6.07, 6.45) is 3.11. The first kappa shape index (κ1) is 17.9. The van der Waals surface area contributed by atoms with Crippen molar-refractivity contribution in [2.24, 2.45) is 0 Å². The number of hydrogen-bond acceptors (Lipinski definition) is 7. The van der Waals surface area contributed by atoms with Crippen molar-refractivity contribution >= 4 is 16.6 Å². The molecule has 9 heteroatoms. The lowest BCUT2D eigenvalue weighted by atomic mass is 10.2. The summed E-state index contributed by atoms with van der Waals surface area (Å²) >= 11 is 0. The molecule has 0 saturated heterocycles. The van der Waals surface area contributed by atoms with E-state index in [0.717, 1.165) is 16.7 Å². The van der Waals surface area contributed by atoms with Crippen molar-refractivity contribution in [3.05, 3.63) is 72.7 Å². The van der Waals surface area contributed by atoms with Crippen LogP contribution in [0.1, 0.15) is 5.82 Å². The number of pyridine rings is 2. The standard InChI is InChI=1S/C21H15FN6O2/c1-29-14-3-4-15-17(10-14)23-9-8-18(15)30-12-21-26-25-20-7-5-16(27-28(20)21)13-2-6-19(22)24-11-13/h2-11H,12H2,1H3. The van der Waals surface area contributed by atoms with E-state index in [1.54, 1.807) is 42.1 Å². The molecule has 5 aromatic rings. The fourth-order valence-electron chi connectivity index (χ4n) is 3.10. The molecular weight excluding hydrogens is 387 g/mol. The summed E-state index contributed by atoms with van der Waals surface area (Å²) in [7, 11) is 1.61. The topological polar surface area (TPSA) is 87.3 Å². The van der Waals surface area contributed by atoms with Gasteiger partial charge >= 0.3 is 0 Å². The molecule has 0 N–H and O–H groups in total. The Morgan fingerprint density at radius 1 is 1.00 bits per heavy atom. The summed E-state index contributed by atoms with van der Waals surface area (Å²) < 4.78 is 26.0. The number of fused-ring (bicyclic) bond motifs is 2. The van der Waals surface area contributed by atoms with Crippen LogP contribution in [0.2, 0.25) is 0 Å². The van der Waals surface area contributed by atoms with Crippen LogP contribution in [0.25, 0.3) is 27.8 Å². The highest BCUT2D eigenvalue weighted by molar-refractivity contribution is 5.85. The molecule has 4 aromatic heterocycles. The van der Waals surface area contributed by atoms with Crippen LogP contribution < -0.4 is 9.47 Å². The van der Waals surface area contributed by atoms with Gasteiger partial charge in [-0.25, -0.2) is 4.98 Å². The predicted octanol–water partition coefficient (Wildman–Crippen LogP) is 3.46. The first-order valence-electron chi connectivity index (χ1n) is 9.10. The number of ether oxygens (including phenoxy) is 2. The maximum atomic E-state index is 13.1. The summed E-state index contributed by atoms with van der Waals surface area (Å²) in [5.74, 6) is 1.38. The number of rotatable bonds is 5. The van der Waals surface area contributed by atoms with E-state index >= 15 is 0 Å². The normalized spacial score (nSPS) is 11.1. The Kier molecular flexibility index (Phi) is 4.40. The molecule has 0 fully saturated rings. The molecule has 5 rings (SSSR count). The van der Waals surface area contributed by atoms with Crippen LogP contribution in [-0.4, -0.2) is 36.9 Å². The highest BCUT2D eigenvalue weighted by Gasteiger charge is 2.11. The van der Waals surface area contributed by atoms with Gasteiger partial charge in [0.2, 0.25) is 5.95 Å². The monoisotopic (exact) mass is 402 g/mol. The Bertz CT molecular complexity index is 1350. The molecule has 0 atom stereocenters. The molecule has 0 aliphatic heterocycles. The van der Waals surface area contributed by atoms with Crippen molar-refractivity contribution in [3.8, 4) is 22.8 Å². The number of benzene rings is 1. The van der Waals surface area contributed by atoms with Gasteiger partial charge in [-0.05, 0) is 42.5 Å². The molecule has 0 unspecified atom stereocenters. The van der Waals surface area contributed by atoms with Crippen LogP contribution >= 0.6 is 0 Å². The van der Waals surface area contributed by atoms with E-state index in [4.69, 9.17) is 9.47 Å². The Hall–Kier alpha value is -4.14. The zero-order valence-corrected chi connectivity index (χ0v) is 15.9. The number of aromatic nitrogens is 6. The molecule has 4 heterocycles. The Labute approximate surface area is 170 Å². The maximum Gasteiger partial charge on any atom is 0.212 e. The number of halogens is 1. The average Bonchev–Trinajstić information content (AvgIpc) is 3.20. The van der Waals surface area contributed by atoms with Gasteiger partial charge in [-0.1, -0.05) is 0 Å².